The summed E-state index contributed by atoms with van der Waals surface area (Å²) < 4.78 is 41.0. The zero-order valence-electron chi connectivity index (χ0n) is 18.8. The van der Waals surface area contributed by atoms with Crippen molar-refractivity contribution in [3.05, 3.63) is 34.9 Å². The minimum absolute atomic E-state index is 0.116. The van der Waals surface area contributed by atoms with Crippen molar-refractivity contribution in [3.63, 3.8) is 0 Å². The van der Waals surface area contributed by atoms with Gasteiger partial charge in [0.2, 0.25) is 11.8 Å². The molecule has 3 aliphatic rings. The Morgan fingerprint density at radius 3 is 2.56 bits per heavy atom. The zero-order valence-corrected chi connectivity index (χ0v) is 18.8. The lowest BCUT2D eigenvalue weighted by atomic mass is 9.76. The number of aliphatic hydroxyl groups is 1. The highest BCUT2D eigenvalue weighted by Gasteiger charge is 2.44. The van der Waals surface area contributed by atoms with Crippen LogP contribution in [0.1, 0.15) is 73.2 Å². The second-order valence-corrected chi connectivity index (χ2v) is 9.60. The number of nitrogens with one attached hydrogen (secondary N) is 1. The number of amides is 3. The van der Waals surface area contributed by atoms with Crippen molar-refractivity contribution in [2.45, 2.75) is 70.4 Å². The van der Waals surface area contributed by atoms with E-state index in [1.165, 1.54) is 23.1 Å². The number of piperidine rings is 1. The summed E-state index contributed by atoms with van der Waals surface area (Å²) in [6.07, 6.45) is -2.00. The van der Waals surface area contributed by atoms with Crippen LogP contribution in [0.4, 0.5) is 13.2 Å². The predicted octanol–water partition coefficient (Wildman–Crippen LogP) is 3.51. The zero-order chi connectivity index (χ0) is 24.6. The Kier molecular flexibility index (Phi) is 6.91. The Hall–Kier alpha value is -2.59. The minimum atomic E-state index is -4.47. The highest BCUT2D eigenvalue weighted by atomic mass is 19.4. The van der Waals surface area contributed by atoms with Gasteiger partial charge in [-0.2, -0.15) is 13.2 Å². The molecule has 4 rings (SSSR count). The molecule has 2 heterocycles. The van der Waals surface area contributed by atoms with Gasteiger partial charge in [0.25, 0.3) is 5.91 Å². The van der Waals surface area contributed by atoms with Gasteiger partial charge in [0.05, 0.1) is 12.0 Å². The molecular weight excluding hydrogens is 451 g/mol. The number of imide groups is 1. The Balaban J connectivity index is 1.48. The Morgan fingerprint density at radius 2 is 1.91 bits per heavy atom. The summed E-state index contributed by atoms with van der Waals surface area (Å²) in [7, 11) is 0. The second kappa shape index (κ2) is 9.58. The molecule has 1 aromatic carbocycles. The van der Waals surface area contributed by atoms with Crippen LogP contribution in [0.5, 0.6) is 0 Å². The quantitative estimate of drug-likeness (QED) is 0.509. The van der Waals surface area contributed by atoms with Crippen molar-refractivity contribution in [2.24, 2.45) is 22.7 Å². The normalized spacial score (nSPS) is 29.2. The Bertz CT molecular complexity index is 1000. The third kappa shape index (κ3) is 5.07. The number of aliphatic imine (C=N–C) groups is 1. The molecule has 0 spiro atoms. The molecule has 1 saturated heterocycles. The van der Waals surface area contributed by atoms with Crippen LogP contribution in [-0.2, 0) is 16.1 Å². The van der Waals surface area contributed by atoms with Crippen LogP contribution in [0.2, 0.25) is 0 Å². The molecule has 3 unspecified atom stereocenters. The molecule has 7 nitrogen and oxygen atoms in total. The Labute approximate surface area is 195 Å². The summed E-state index contributed by atoms with van der Waals surface area (Å²) in [6, 6.07) is 3.75. The highest BCUT2D eigenvalue weighted by Crippen LogP contribution is 2.40. The average Bonchev–Trinajstić information content (AvgIpc) is 3.09. The minimum Gasteiger partial charge on any atom is -0.374 e. The maximum Gasteiger partial charge on any atom is 0.396 e. The van der Waals surface area contributed by atoms with Crippen LogP contribution in [0, 0.1) is 17.8 Å². The number of benzene rings is 1. The van der Waals surface area contributed by atoms with Crippen LogP contribution in [0.15, 0.2) is 23.2 Å². The summed E-state index contributed by atoms with van der Waals surface area (Å²) in [5.74, 6) is -3.56. The van der Waals surface area contributed by atoms with E-state index in [0.29, 0.717) is 29.9 Å². The van der Waals surface area contributed by atoms with Gasteiger partial charge in [-0.15, -0.1) is 0 Å². The first-order valence-electron chi connectivity index (χ1n) is 11.6. The largest absolute Gasteiger partial charge is 0.396 e. The molecule has 0 aromatic heterocycles. The van der Waals surface area contributed by atoms with Gasteiger partial charge in [0.15, 0.2) is 0 Å². The van der Waals surface area contributed by atoms with Crippen LogP contribution < -0.4 is 5.32 Å². The third-order valence-corrected chi connectivity index (χ3v) is 7.24. The van der Waals surface area contributed by atoms with E-state index in [1.54, 1.807) is 0 Å². The van der Waals surface area contributed by atoms with Gasteiger partial charge in [-0.1, -0.05) is 25.8 Å². The van der Waals surface area contributed by atoms with E-state index in [-0.39, 0.29) is 30.9 Å². The SMILES string of the molecule is CC1CCC(C(C=NC(=O)c2ccc3c(c2)CN(C2CCC(=O)NC2=O)C3O)C(F)(F)F)CC1. The number of nitrogens with zero attached hydrogens (tertiary/aromatic N) is 2. The molecule has 34 heavy (non-hydrogen) atoms. The first-order chi connectivity index (χ1) is 16.0. The number of fused-ring (bicyclic) bond motifs is 1. The van der Waals surface area contributed by atoms with Gasteiger partial charge in [-0.3, -0.25) is 24.6 Å². The average molecular weight is 479 g/mol. The lowest BCUT2D eigenvalue weighted by Gasteiger charge is -2.31. The fourth-order valence-corrected chi connectivity index (χ4v) is 5.21. The number of carbonyl (C=O) groups is 3. The van der Waals surface area contributed by atoms with Crippen molar-refractivity contribution in [1.82, 2.24) is 10.2 Å². The van der Waals surface area contributed by atoms with Crippen molar-refractivity contribution < 1.29 is 32.7 Å². The van der Waals surface area contributed by atoms with Gasteiger partial charge in [-0.05, 0) is 54.4 Å². The summed E-state index contributed by atoms with van der Waals surface area (Å²) in [6.45, 7) is 2.20. The molecule has 0 bridgehead atoms. The maximum absolute atomic E-state index is 13.7. The first-order valence-corrected chi connectivity index (χ1v) is 11.6. The molecule has 3 amide bonds. The van der Waals surface area contributed by atoms with Crippen molar-refractivity contribution in [2.75, 3.05) is 0 Å². The standard InChI is InChI=1S/C24H28F3N3O4/c1-13-2-4-14(5-3-13)18(24(25,26)27)11-28-21(32)15-6-7-17-16(10-15)12-30(23(17)34)19-8-9-20(31)29-22(19)33/h6-7,10-11,13-14,18-19,23,34H,2-5,8-9,12H2,1H3,(H,29,31,33). The number of halogens is 3. The molecule has 3 atom stereocenters. The monoisotopic (exact) mass is 479 g/mol. The smallest absolute Gasteiger partial charge is 0.374 e. The van der Waals surface area contributed by atoms with Gasteiger partial charge in [0, 0.05) is 24.7 Å². The predicted molar refractivity (Wildman–Crippen MR) is 117 cm³/mol. The molecule has 184 valence electrons. The lowest BCUT2D eigenvalue weighted by Crippen LogP contribution is -2.51. The van der Waals surface area contributed by atoms with E-state index in [0.717, 1.165) is 19.1 Å². The van der Waals surface area contributed by atoms with E-state index in [2.05, 4.69) is 10.3 Å². The molecule has 2 aliphatic heterocycles. The van der Waals surface area contributed by atoms with Crippen LogP contribution in [-0.4, -0.2) is 46.2 Å². The lowest BCUT2D eigenvalue weighted by molar-refractivity contribution is -0.169. The van der Waals surface area contributed by atoms with Gasteiger partial charge in [0.1, 0.15) is 6.23 Å². The fraction of sp³-hybridized carbons (Fsp3) is 0.583. The van der Waals surface area contributed by atoms with Crippen molar-refractivity contribution in [3.8, 4) is 0 Å². The van der Waals surface area contributed by atoms with Crippen LogP contribution >= 0.6 is 0 Å². The number of carbonyl (C=O) groups excluding carboxylic acids is 3. The van der Waals surface area contributed by atoms with Crippen molar-refractivity contribution in [1.29, 1.82) is 0 Å². The topological polar surface area (TPSA) is 99.1 Å². The van der Waals surface area contributed by atoms with Gasteiger partial charge >= 0.3 is 6.18 Å². The molecule has 0 radical (unpaired) electrons. The van der Waals surface area contributed by atoms with Crippen LogP contribution in [0.25, 0.3) is 0 Å². The molecule has 1 saturated carbocycles. The number of hydrogen-bond donors (Lipinski definition) is 2. The van der Waals surface area contributed by atoms with Crippen LogP contribution in [0.3, 0.4) is 0 Å². The Morgan fingerprint density at radius 1 is 1.21 bits per heavy atom. The molecule has 2 N–H and O–H groups in total. The fourth-order valence-electron chi connectivity index (χ4n) is 5.21. The summed E-state index contributed by atoms with van der Waals surface area (Å²) in [5.41, 5.74) is 1.21. The van der Waals surface area contributed by atoms with E-state index in [9.17, 15) is 32.7 Å². The first kappa shape index (κ1) is 24.5. The maximum atomic E-state index is 13.7. The number of rotatable bonds is 4. The van der Waals surface area contributed by atoms with E-state index < -0.39 is 42.1 Å². The summed E-state index contributed by atoms with van der Waals surface area (Å²) in [4.78, 5) is 41.4. The third-order valence-electron chi connectivity index (χ3n) is 7.24. The molecule has 1 aliphatic carbocycles. The van der Waals surface area contributed by atoms with E-state index >= 15 is 0 Å². The molecule has 10 heteroatoms. The highest BCUT2D eigenvalue weighted by molar-refractivity contribution is 6.00. The molecule has 1 aromatic rings. The molecule has 2 fully saturated rings. The summed E-state index contributed by atoms with van der Waals surface area (Å²) >= 11 is 0. The van der Waals surface area contributed by atoms with Gasteiger partial charge in [-0.25, -0.2) is 4.99 Å². The van der Waals surface area contributed by atoms with Crippen molar-refractivity contribution >= 4 is 23.9 Å². The molecular formula is C24H28F3N3O4. The number of aliphatic hydroxyl groups excluding tert-OH is 1. The van der Waals surface area contributed by atoms with Gasteiger partial charge < -0.3 is 5.11 Å². The summed E-state index contributed by atoms with van der Waals surface area (Å²) in [5, 5.41) is 12.9. The number of hydrogen-bond acceptors (Lipinski definition) is 5. The number of alkyl halides is 3. The van der Waals surface area contributed by atoms with E-state index in [1.807, 2.05) is 6.92 Å². The van der Waals surface area contributed by atoms with E-state index in [4.69, 9.17) is 0 Å². The second-order valence-electron chi connectivity index (χ2n) is 9.60.